The van der Waals surface area contributed by atoms with Gasteiger partial charge < -0.3 is 10.2 Å². The van der Waals surface area contributed by atoms with Crippen molar-refractivity contribution in [1.82, 2.24) is 20.0 Å². The zero-order chi connectivity index (χ0) is 15.9. The minimum atomic E-state index is 0.683. The monoisotopic (exact) mass is 305 g/mol. The van der Waals surface area contributed by atoms with E-state index >= 15 is 0 Å². The average molecular weight is 305 g/mol. The Balaban J connectivity index is 1.90. The molecule has 1 aliphatic rings. The van der Waals surface area contributed by atoms with Crippen LogP contribution in [-0.2, 0) is 13.6 Å². The Bertz CT molecular complexity index is 471. The highest BCUT2D eigenvalue weighted by Gasteiger charge is 2.20. The molecule has 0 aliphatic heterocycles. The van der Waals surface area contributed by atoms with Gasteiger partial charge in [-0.25, -0.2) is 4.99 Å². The molecule has 0 unspecified atom stereocenters. The maximum atomic E-state index is 4.76. The lowest BCUT2D eigenvalue weighted by atomic mass is 9.83. The molecule has 0 amide bonds. The molecule has 0 saturated heterocycles. The maximum absolute atomic E-state index is 4.76. The summed E-state index contributed by atoms with van der Waals surface area (Å²) in [4.78, 5) is 7.05. The topological polar surface area (TPSA) is 45.5 Å². The summed E-state index contributed by atoms with van der Waals surface area (Å²) in [6.07, 6.45) is 9.37. The molecule has 2 rings (SSSR count). The molecule has 124 valence electrons. The highest BCUT2D eigenvalue weighted by molar-refractivity contribution is 5.79. The van der Waals surface area contributed by atoms with Gasteiger partial charge in [-0.1, -0.05) is 19.8 Å². The first-order valence-corrected chi connectivity index (χ1v) is 8.55. The Hall–Kier alpha value is -1.52. The van der Waals surface area contributed by atoms with Gasteiger partial charge in [0.2, 0.25) is 0 Å². The zero-order valence-corrected chi connectivity index (χ0v) is 14.5. The minimum Gasteiger partial charge on any atom is -0.357 e. The quantitative estimate of drug-likeness (QED) is 0.672. The van der Waals surface area contributed by atoms with Crippen molar-refractivity contribution in [2.45, 2.75) is 46.1 Å². The molecule has 1 aromatic rings. The molecule has 22 heavy (non-hydrogen) atoms. The molecule has 1 saturated carbocycles. The number of aliphatic imine (C=N–C) groups is 1. The van der Waals surface area contributed by atoms with Crippen LogP contribution >= 0.6 is 0 Å². The Morgan fingerprint density at radius 1 is 1.41 bits per heavy atom. The van der Waals surface area contributed by atoms with E-state index in [-0.39, 0.29) is 0 Å². The van der Waals surface area contributed by atoms with Crippen molar-refractivity contribution < 1.29 is 0 Å². The largest absolute Gasteiger partial charge is 0.357 e. The lowest BCUT2D eigenvalue weighted by molar-refractivity contribution is 0.250. The van der Waals surface area contributed by atoms with Gasteiger partial charge in [0.1, 0.15) is 0 Å². The number of nitrogens with one attached hydrogen (secondary N) is 1. The van der Waals surface area contributed by atoms with Crippen LogP contribution in [0.4, 0.5) is 0 Å². The fraction of sp³-hybridized carbons (Fsp3) is 0.765. The molecule has 5 nitrogen and oxygen atoms in total. The van der Waals surface area contributed by atoms with Crippen molar-refractivity contribution in [3.8, 4) is 0 Å². The van der Waals surface area contributed by atoms with Gasteiger partial charge in [0, 0.05) is 38.9 Å². The van der Waals surface area contributed by atoms with Crippen LogP contribution in [0.5, 0.6) is 0 Å². The first-order chi connectivity index (χ1) is 10.6. The van der Waals surface area contributed by atoms with E-state index in [4.69, 9.17) is 4.99 Å². The van der Waals surface area contributed by atoms with Gasteiger partial charge in [0.15, 0.2) is 5.96 Å². The fourth-order valence-corrected chi connectivity index (χ4v) is 3.17. The van der Waals surface area contributed by atoms with E-state index in [1.165, 1.54) is 25.7 Å². The van der Waals surface area contributed by atoms with E-state index < -0.39 is 0 Å². The summed E-state index contributed by atoms with van der Waals surface area (Å²) in [6, 6.07) is 0. The van der Waals surface area contributed by atoms with Crippen LogP contribution in [-0.4, -0.2) is 40.8 Å². The van der Waals surface area contributed by atoms with Crippen LogP contribution in [0.15, 0.2) is 17.4 Å². The Morgan fingerprint density at radius 3 is 2.73 bits per heavy atom. The van der Waals surface area contributed by atoms with Crippen molar-refractivity contribution in [3.63, 3.8) is 0 Å². The van der Waals surface area contributed by atoms with E-state index in [9.17, 15) is 0 Å². The second-order valence-electron chi connectivity index (χ2n) is 6.70. The number of guanidine groups is 1. The van der Waals surface area contributed by atoms with Crippen molar-refractivity contribution in [2.75, 3.05) is 20.1 Å². The zero-order valence-electron chi connectivity index (χ0n) is 14.5. The van der Waals surface area contributed by atoms with Crippen LogP contribution < -0.4 is 5.32 Å². The molecule has 1 aliphatic carbocycles. The normalized spacial score (nSPS) is 22.6. The van der Waals surface area contributed by atoms with Crippen molar-refractivity contribution in [1.29, 1.82) is 0 Å². The Morgan fingerprint density at radius 2 is 2.14 bits per heavy atom. The van der Waals surface area contributed by atoms with Crippen LogP contribution in [0.3, 0.4) is 0 Å². The molecule has 1 fully saturated rings. The SMILES string of the molecule is CCNC(=NCc1cnn(C)c1)N(C)CC1CCC(C)CC1. The Labute approximate surface area is 134 Å². The van der Waals surface area contributed by atoms with Crippen molar-refractivity contribution in [2.24, 2.45) is 23.9 Å². The predicted octanol–water partition coefficient (Wildman–Crippen LogP) is 2.64. The summed E-state index contributed by atoms with van der Waals surface area (Å²) in [5.41, 5.74) is 1.15. The van der Waals surface area contributed by atoms with Crippen LogP contribution in [0, 0.1) is 11.8 Å². The summed E-state index contributed by atoms with van der Waals surface area (Å²) < 4.78 is 1.82. The number of aryl methyl sites for hydroxylation is 1. The highest BCUT2D eigenvalue weighted by Crippen LogP contribution is 2.28. The molecular formula is C17H31N5. The van der Waals surface area contributed by atoms with Gasteiger partial charge in [0.25, 0.3) is 0 Å². The average Bonchev–Trinajstić information content (AvgIpc) is 2.91. The van der Waals surface area contributed by atoms with E-state index in [0.29, 0.717) is 6.54 Å². The number of hydrogen-bond donors (Lipinski definition) is 1. The highest BCUT2D eigenvalue weighted by atomic mass is 15.3. The standard InChI is InChI=1S/C17H31N5/c1-5-18-17(19-10-16-11-20-22(4)13-16)21(3)12-15-8-6-14(2)7-9-15/h11,13-15H,5-10,12H2,1-4H3,(H,18,19). The van der Waals surface area contributed by atoms with Gasteiger partial charge in [-0.05, 0) is 31.6 Å². The third-order valence-electron chi connectivity index (χ3n) is 4.53. The second-order valence-corrected chi connectivity index (χ2v) is 6.70. The van der Waals surface area contributed by atoms with Gasteiger partial charge in [-0.15, -0.1) is 0 Å². The van der Waals surface area contributed by atoms with Crippen molar-refractivity contribution in [3.05, 3.63) is 18.0 Å². The molecular weight excluding hydrogens is 274 g/mol. The molecule has 0 atom stereocenters. The Kier molecular flexibility index (Phi) is 6.28. The third-order valence-corrected chi connectivity index (χ3v) is 4.53. The molecule has 0 aromatic carbocycles. The smallest absolute Gasteiger partial charge is 0.193 e. The molecule has 0 spiro atoms. The van der Waals surface area contributed by atoms with E-state index in [1.54, 1.807) is 0 Å². The predicted molar refractivity (Wildman–Crippen MR) is 91.8 cm³/mol. The molecule has 0 radical (unpaired) electrons. The van der Waals surface area contributed by atoms with E-state index in [0.717, 1.165) is 36.4 Å². The summed E-state index contributed by atoms with van der Waals surface area (Å²) in [7, 11) is 4.09. The summed E-state index contributed by atoms with van der Waals surface area (Å²) in [6.45, 7) is 7.18. The summed E-state index contributed by atoms with van der Waals surface area (Å²) in [5.74, 6) is 2.72. The van der Waals surface area contributed by atoms with Crippen LogP contribution in [0.25, 0.3) is 0 Å². The van der Waals surface area contributed by atoms with E-state index in [1.807, 2.05) is 24.1 Å². The van der Waals surface area contributed by atoms with Gasteiger partial charge in [0.05, 0.1) is 12.7 Å². The first-order valence-electron chi connectivity index (χ1n) is 8.55. The molecule has 1 N–H and O–H groups in total. The molecule has 1 heterocycles. The number of nitrogens with zero attached hydrogens (tertiary/aromatic N) is 4. The molecule has 5 heteroatoms. The maximum Gasteiger partial charge on any atom is 0.193 e. The summed E-state index contributed by atoms with van der Waals surface area (Å²) in [5, 5.41) is 7.61. The number of rotatable bonds is 5. The molecule has 1 aromatic heterocycles. The minimum absolute atomic E-state index is 0.683. The third kappa shape index (κ3) is 5.04. The van der Waals surface area contributed by atoms with Crippen LogP contribution in [0.1, 0.15) is 45.1 Å². The van der Waals surface area contributed by atoms with Gasteiger partial charge in [-0.2, -0.15) is 5.10 Å². The fourth-order valence-electron chi connectivity index (χ4n) is 3.17. The lowest BCUT2D eigenvalue weighted by Crippen LogP contribution is -2.41. The van der Waals surface area contributed by atoms with Gasteiger partial charge in [-0.3, -0.25) is 4.68 Å². The van der Waals surface area contributed by atoms with Crippen LogP contribution in [0.2, 0.25) is 0 Å². The first kappa shape index (κ1) is 16.8. The molecule has 0 bridgehead atoms. The lowest BCUT2D eigenvalue weighted by Gasteiger charge is -2.31. The van der Waals surface area contributed by atoms with Crippen molar-refractivity contribution >= 4 is 5.96 Å². The summed E-state index contributed by atoms with van der Waals surface area (Å²) >= 11 is 0. The van der Waals surface area contributed by atoms with E-state index in [2.05, 4.69) is 36.2 Å². The van der Waals surface area contributed by atoms with Gasteiger partial charge >= 0.3 is 0 Å². The number of hydrogen-bond acceptors (Lipinski definition) is 2. The second kappa shape index (κ2) is 8.20. The number of aromatic nitrogens is 2.